The number of fused-ring (bicyclic) bond motifs is 2. The van der Waals surface area contributed by atoms with Crippen molar-refractivity contribution >= 4 is 53.2 Å². The lowest BCUT2D eigenvalue weighted by Gasteiger charge is -2.39. The van der Waals surface area contributed by atoms with Gasteiger partial charge in [0.05, 0.1) is 43.2 Å². The van der Waals surface area contributed by atoms with Gasteiger partial charge in [0.2, 0.25) is 8.41 Å². The van der Waals surface area contributed by atoms with Crippen molar-refractivity contribution < 1.29 is 23.5 Å². The van der Waals surface area contributed by atoms with Gasteiger partial charge in [0.1, 0.15) is 5.54 Å². The zero-order valence-electron chi connectivity index (χ0n) is 34.2. The molecule has 4 aliphatic rings. The molecule has 2 N–H and O–H groups in total. The molecular weight excluding hydrogens is 842 g/mol. The first-order valence-corrected chi connectivity index (χ1v) is 24.7. The van der Waals surface area contributed by atoms with Gasteiger partial charge >= 0.3 is 0 Å². The number of hydrogen-bond acceptors (Lipinski definition) is 8. The fourth-order valence-electron chi connectivity index (χ4n) is 10.5. The van der Waals surface area contributed by atoms with E-state index in [0.29, 0.717) is 25.3 Å². The van der Waals surface area contributed by atoms with Crippen LogP contribution >= 0.6 is 15.9 Å². The molecule has 312 valence electrons. The number of nitrogens with zero attached hydrogens (tertiary/aromatic N) is 6. The monoisotopic (exact) mass is 891 g/mol. The standard InChI is InChI=1S/C46H51BrFN7O4Si/c1-31-42(60(2,3)48)41(20-25-52-28-39(50-51-52)37(29-56)33-10-6-4-7-11-33)59-46(31)38-26-34(47)16-19-40(38)53(44(46)58)27-32-14-17-35(18-15-32)54-30-55(36-12-8-5-9-13-36)45(43(54)57)21-23-49-24-22-45/h4-19,26,28,31,37,41-42,49,56H,20-25,27,29-30H2,1-3H3/t31-,37?,41+,42-,46+/m0/s1. The van der Waals surface area contributed by atoms with Crippen molar-refractivity contribution in [2.24, 2.45) is 5.92 Å². The van der Waals surface area contributed by atoms with Crippen LogP contribution in [-0.4, -0.2) is 78.3 Å². The van der Waals surface area contributed by atoms with Crippen molar-refractivity contribution in [2.75, 3.05) is 41.1 Å². The number of benzene rings is 4. The van der Waals surface area contributed by atoms with E-state index in [0.717, 1.165) is 64.2 Å². The third-order valence-electron chi connectivity index (χ3n) is 13.4. The van der Waals surface area contributed by atoms with Crippen molar-refractivity contribution in [2.45, 2.75) is 81.1 Å². The van der Waals surface area contributed by atoms with Crippen LogP contribution in [-0.2, 0) is 33.0 Å². The predicted octanol–water partition coefficient (Wildman–Crippen LogP) is 7.51. The average molecular weight is 893 g/mol. The average Bonchev–Trinajstić information content (AvgIpc) is 3.98. The van der Waals surface area contributed by atoms with Crippen LogP contribution in [0.2, 0.25) is 18.6 Å². The number of ether oxygens (including phenoxy) is 1. The van der Waals surface area contributed by atoms with Crippen LogP contribution in [0.1, 0.15) is 54.5 Å². The van der Waals surface area contributed by atoms with Crippen molar-refractivity contribution in [1.82, 2.24) is 20.3 Å². The number of anilines is 3. The third-order valence-corrected chi connectivity index (χ3v) is 16.3. The summed E-state index contributed by atoms with van der Waals surface area (Å²) in [5.74, 6) is -0.848. The highest BCUT2D eigenvalue weighted by molar-refractivity contribution is 9.10. The molecule has 2 spiro atoms. The first-order valence-electron chi connectivity index (χ1n) is 20.9. The Balaban J connectivity index is 0.963. The van der Waals surface area contributed by atoms with E-state index < -0.39 is 37.1 Å². The quantitative estimate of drug-likeness (QED) is 0.104. The summed E-state index contributed by atoms with van der Waals surface area (Å²) in [7, 11) is -3.40. The molecule has 2 amide bonds. The van der Waals surface area contributed by atoms with Gasteiger partial charge in [0.25, 0.3) is 11.8 Å². The van der Waals surface area contributed by atoms with Crippen molar-refractivity contribution in [3.63, 3.8) is 0 Å². The second-order valence-corrected chi connectivity index (χ2v) is 22.0. The van der Waals surface area contributed by atoms with Crippen LogP contribution < -0.4 is 20.0 Å². The number of rotatable bonds is 11. The Hall–Kier alpha value is -4.73. The van der Waals surface area contributed by atoms with Gasteiger partial charge in [-0.1, -0.05) is 88.7 Å². The van der Waals surface area contributed by atoms with E-state index >= 15 is 8.90 Å². The number of nitrogens with one attached hydrogen (secondary N) is 1. The summed E-state index contributed by atoms with van der Waals surface area (Å²) in [4.78, 5) is 35.3. The fraction of sp³-hybridized carbons (Fsp3) is 0.391. The number of aliphatic hydroxyl groups is 1. The van der Waals surface area contributed by atoms with Gasteiger partial charge in [-0.3, -0.25) is 19.2 Å². The van der Waals surface area contributed by atoms with Gasteiger partial charge in [-0.05, 0) is 99.0 Å². The van der Waals surface area contributed by atoms with Crippen molar-refractivity contribution in [3.05, 3.63) is 136 Å². The maximum atomic E-state index is 16.6. The minimum atomic E-state index is -3.40. The second kappa shape index (κ2) is 15.9. The van der Waals surface area contributed by atoms with Crippen LogP contribution in [0.25, 0.3) is 0 Å². The Morgan fingerprint density at radius 3 is 2.33 bits per heavy atom. The van der Waals surface area contributed by atoms with E-state index in [2.05, 4.69) is 48.6 Å². The lowest BCUT2D eigenvalue weighted by molar-refractivity contribution is -0.146. The summed E-state index contributed by atoms with van der Waals surface area (Å²) >= 11 is 3.65. The molecule has 14 heteroatoms. The summed E-state index contributed by atoms with van der Waals surface area (Å²) in [6.07, 6.45) is 3.18. The van der Waals surface area contributed by atoms with Crippen LogP contribution in [0.15, 0.2) is 114 Å². The number of halogens is 2. The highest BCUT2D eigenvalue weighted by atomic mass is 79.9. The molecule has 4 aromatic carbocycles. The maximum Gasteiger partial charge on any atom is 0.264 e. The first-order chi connectivity index (χ1) is 28.9. The van der Waals surface area contributed by atoms with Gasteiger partial charge in [-0.15, -0.1) is 5.10 Å². The summed E-state index contributed by atoms with van der Waals surface area (Å²) in [5.41, 5.74) is 3.38. The van der Waals surface area contributed by atoms with E-state index in [-0.39, 0.29) is 30.9 Å². The van der Waals surface area contributed by atoms with E-state index in [9.17, 15) is 9.90 Å². The molecule has 0 aliphatic carbocycles. The maximum absolute atomic E-state index is 16.6. The first kappa shape index (κ1) is 40.7. The van der Waals surface area contributed by atoms with Gasteiger partial charge in [0, 0.05) is 45.6 Å². The molecule has 4 aliphatic heterocycles. The smallest absolute Gasteiger partial charge is 0.264 e. The van der Waals surface area contributed by atoms with E-state index in [4.69, 9.17) is 4.74 Å². The molecule has 3 saturated heterocycles. The van der Waals surface area contributed by atoms with Crippen LogP contribution in [0, 0.1) is 5.92 Å². The van der Waals surface area contributed by atoms with Crippen molar-refractivity contribution in [1.29, 1.82) is 0 Å². The molecule has 0 bridgehead atoms. The zero-order chi connectivity index (χ0) is 41.8. The summed E-state index contributed by atoms with van der Waals surface area (Å²) in [6, 6.07) is 33.6. The molecule has 11 nitrogen and oxygen atoms in total. The van der Waals surface area contributed by atoms with E-state index in [1.165, 1.54) is 0 Å². The SMILES string of the molecule is C[C@H]1[C@H]([Si](C)(C)F)[C@@H](CCn2cc(C(CO)c3ccccc3)nn2)O[C@]12C(=O)N(Cc1ccc(N3CN(c4ccccc4)C4(CCNCC4)C3=O)cc1)c1ccc(Br)cc12. The van der Waals surface area contributed by atoms with Gasteiger partial charge < -0.3 is 29.1 Å². The number of hydrogen-bond donors (Lipinski definition) is 2. The Labute approximate surface area is 359 Å². The highest BCUT2D eigenvalue weighted by Gasteiger charge is 2.66. The number of aromatic nitrogens is 3. The largest absolute Gasteiger partial charge is 0.395 e. The lowest BCUT2D eigenvalue weighted by Crippen LogP contribution is -2.55. The molecule has 0 saturated carbocycles. The van der Waals surface area contributed by atoms with Gasteiger partial charge in [0.15, 0.2) is 5.60 Å². The molecule has 3 fully saturated rings. The molecule has 5 aromatic rings. The molecular formula is C46H51BrFN7O4Si. The van der Waals surface area contributed by atoms with Gasteiger partial charge in [-0.2, -0.15) is 0 Å². The second-order valence-electron chi connectivity index (χ2n) is 17.3. The third kappa shape index (κ3) is 6.90. The number of piperidine rings is 1. The minimum Gasteiger partial charge on any atom is -0.395 e. The van der Waals surface area contributed by atoms with Crippen molar-refractivity contribution in [3.8, 4) is 0 Å². The molecule has 5 atom stereocenters. The van der Waals surface area contributed by atoms with E-state index in [1.807, 2.05) is 109 Å². The van der Waals surface area contributed by atoms with Crippen LogP contribution in [0.3, 0.4) is 0 Å². The summed E-state index contributed by atoms with van der Waals surface area (Å²) in [5, 5.41) is 22.4. The van der Waals surface area contributed by atoms with E-state index in [1.54, 1.807) is 22.7 Å². The predicted molar refractivity (Wildman–Crippen MR) is 236 cm³/mol. The molecule has 5 heterocycles. The molecule has 1 unspecified atom stereocenters. The number of carbonyl (C=O) groups is 2. The van der Waals surface area contributed by atoms with Crippen LogP contribution in [0.5, 0.6) is 0 Å². The topological polar surface area (TPSA) is 116 Å². The zero-order valence-corrected chi connectivity index (χ0v) is 36.8. The number of aliphatic hydroxyl groups excluding tert-OH is 1. The Morgan fingerprint density at radius 2 is 1.65 bits per heavy atom. The number of carbonyl (C=O) groups excluding carboxylic acids is 2. The Morgan fingerprint density at radius 1 is 0.950 bits per heavy atom. The Bertz CT molecular complexity index is 2360. The van der Waals surface area contributed by atoms with Crippen LogP contribution in [0.4, 0.5) is 21.2 Å². The molecule has 1 aromatic heterocycles. The highest BCUT2D eigenvalue weighted by Crippen LogP contribution is 2.60. The van der Waals surface area contributed by atoms with Gasteiger partial charge in [-0.25, -0.2) is 0 Å². The normalized spacial score (nSPS) is 24.2. The fourth-order valence-corrected chi connectivity index (χ4v) is 13.4. The summed E-state index contributed by atoms with van der Waals surface area (Å²) < 4.78 is 26.1. The number of aryl methyl sites for hydroxylation is 1. The molecule has 0 radical (unpaired) electrons. The number of amides is 2. The number of para-hydroxylation sites is 1. The lowest BCUT2D eigenvalue weighted by atomic mass is 9.82. The molecule has 9 rings (SSSR count). The Kier molecular flexibility index (Phi) is 10.8. The molecule has 60 heavy (non-hydrogen) atoms. The minimum absolute atomic E-state index is 0.110. The summed E-state index contributed by atoms with van der Waals surface area (Å²) in [6.45, 7) is 7.99.